The number of halogens is 1. The van der Waals surface area contributed by atoms with Gasteiger partial charge in [0.05, 0.1) is 4.47 Å². The molecule has 0 saturated carbocycles. The van der Waals surface area contributed by atoms with Crippen molar-refractivity contribution in [1.29, 1.82) is 0 Å². The summed E-state index contributed by atoms with van der Waals surface area (Å²) in [4.78, 5) is 3.91. The number of hydrogen-bond donors (Lipinski definition) is 0. The Balaban J connectivity index is 0.000000123. The summed E-state index contributed by atoms with van der Waals surface area (Å²) in [7, 11) is 0. The van der Waals surface area contributed by atoms with E-state index < -0.39 is 0 Å². The maximum absolute atomic E-state index is 5.11. The third-order valence-electron chi connectivity index (χ3n) is 2.22. The molecule has 1 aromatic rings. The second-order valence-corrected chi connectivity index (χ2v) is 4.42. The van der Waals surface area contributed by atoms with Gasteiger partial charge in [-0.3, -0.25) is 0 Å². The van der Waals surface area contributed by atoms with Gasteiger partial charge in [-0.2, -0.15) is 0 Å². The molecule has 1 aromatic heterocycles. The topological polar surface area (TPSA) is 12.9 Å². The molecule has 3 rings (SSSR count). The molecule has 16 heavy (non-hydrogen) atoms. The number of nitrogens with zero attached hydrogens (tertiary/aromatic N) is 1. The fraction of sp³-hybridized carbons (Fsp3) is 0.0714. The lowest BCUT2D eigenvalue weighted by Crippen LogP contribution is -1.80. The normalized spacial score (nSPS) is 9.81. The third kappa shape index (κ3) is 2.50. The zero-order valence-electron chi connectivity index (χ0n) is 8.87. The van der Waals surface area contributed by atoms with Crippen LogP contribution >= 0.6 is 15.9 Å². The molecule has 0 radical (unpaired) electrons. The van der Waals surface area contributed by atoms with Crippen LogP contribution in [-0.4, -0.2) is 4.98 Å². The highest BCUT2D eigenvalue weighted by Gasteiger charge is 2.10. The number of hydrogen-bond acceptors (Lipinski definition) is 1. The molecule has 0 bridgehead atoms. The number of rotatable bonds is 0. The molecule has 0 aromatic carbocycles. The number of pyridine rings is 1. The van der Waals surface area contributed by atoms with Gasteiger partial charge >= 0.3 is 0 Å². The highest BCUT2D eigenvalue weighted by Crippen LogP contribution is 2.35. The van der Waals surface area contributed by atoms with Crippen molar-refractivity contribution in [3.63, 3.8) is 0 Å². The van der Waals surface area contributed by atoms with E-state index in [9.17, 15) is 0 Å². The van der Waals surface area contributed by atoms with Crippen molar-refractivity contribution < 1.29 is 0 Å². The first-order valence-electron chi connectivity index (χ1n) is 4.90. The molecule has 1 nitrogen and oxygen atoms in total. The van der Waals surface area contributed by atoms with Gasteiger partial charge < -0.3 is 0 Å². The van der Waals surface area contributed by atoms with Gasteiger partial charge in [-0.15, -0.1) is 6.42 Å². The van der Waals surface area contributed by atoms with Gasteiger partial charge in [0, 0.05) is 6.20 Å². The monoisotopic (exact) mass is 271 g/mol. The predicted octanol–water partition coefficient (Wildman–Crippen LogP) is 3.80. The zero-order chi connectivity index (χ0) is 11.5. The average Bonchev–Trinajstić information content (AvgIpc) is 2.88. The smallest absolute Gasteiger partial charge is 0.127 e. The molecule has 0 spiro atoms. The van der Waals surface area contributed by atoms with Gasteiger partial charge in [-0.25, -0.2) is 4.98 Å². The van der Waals surface area contributed by atoms with Gasteiger partial charge in [0.25, 0.3) is 0 Å². The summed E-state index contributed by atoms with van der Waals surface area (Å²) >= 11 is 3.25. The van der Waals surface area contributed by atoms with Crippen molar-refractivity contribution in [1.82, 2.24) is 4.98 Å². The van der Waals surface area contributed by atoms with Crippen LogP contribution in [0.3, 0.4) is 0 Å². The number of terminal acetylenes is 1. The first kappa shape index (κ1) is 10.9. The van der Waals surface area contributed by atoms with Crippen LogP contribution < -0.4 is 0 Å². The van der Waals surface area contributed by atoms with E-state index in [-0.39, 0.29) is 0 Å². The largest absolute Gasteiger partial charge is 0.247 e. The van der Waals surface area contributed by atoms with Crippen molar-refractivity contribution in [2.45, 2.75) is 6.92 Å². The minimum Gasteiger partial charge on any atom is -0.247 e. The number of fused-ring (bicyclic) bond motifs is 1. The Labute approximate surface area is 104 Å². The van der Waals surface area contributed by atoms with E-state index in [0.717, 1.165) is 4.47 Å². The van der Waals surface area contributed by atoms with Gasteiger partial charge in [0.2, 0.25) is 0 Å². The minimum absolute atomic E-state index is 0.650. The molecule has 0 saturated heterocycles. The molecule has 2 heteroatoms. The average molecular weight is 272 g/mol. The summed E-state index contributed by atoms with van der Waals surface area (Å²) < 4.78 is 0.868. The lowest BCUT2D eigenvalue weighted by atomic mass is 10.4. The van der Waals surface area contributed by atoms with Crippen LogP contribution in [0, 0.1) is 19.3 Å². The van der Waals surface area contributed by atoms with Crippen LogP contribution in [0.25, 0.3) is 11.1 Å². The quantitative estimate of drug-likeness (QED) is 0.567. The van der Waals surface area contributed by atoms with Crippen LogP contribution in [0.15, 0.2) is 41.0 Å². The Bertz CT molecular complexity index is 547. The van der Waals surface area contributed by atoms with Crippen molar-refractivity contribution in [3.05, 3.63) is 52.3 Å². The lowest BCUT2D eigenvalue weighted by Gasteiger charge is -1.89. The van der Waals surface area contributed by atoms with E-state index in [1.54, 1.807) is 6.20 Å². The van der Waals surface area contributed by atoms with Crippen LogP contribution in [-0.2, 0) is 0 Å². The van der Waals surface area contributed by atoms with E-state index in [2.05, 4.69) is 52.0 Å². The molecule has 0 fully saturated rings. The fourth-order valence-corrected chi connectivity index (χ4v) is 1.78. The summed E-state index contributed by atoms with van der Waals surface area (Å²) in [5, 5.41) is 0. The summed E-state index contributed by atoms with van der Waals surface area (Å²) in [6, 6.07) is 10.3. The highest BCUT2D eigenvalue weighted by molar-refractivity contribution is 9.10. The molecule has 2 aliphatic carbocycles. The molecular formula is C14H10BrN. The summed E-state index contributed by atoms with van der Waals surface area (Å²) in [6.07, 6.45) is 6.77. The number of aryl methyl sites for hydroxylation is 1. The van der Waals surface area contributed by atoms with Crippen LogP contribution in [0.5, 0.6) is 0 Å². The molecule has 0 atom stereocenters. The van der Waals surface area contributed by atoms with Crippen LogP contribution in [0.1, 0.15) is 11.3 Å². The lowest BCUT2D eigenvalue weighted by molar-refractivity contribution is 1.27. The zero-order valence-corrected chi connectivity index (χ0v) is 10.5. The molecule has 2 aliphatic rings. The Hall–Kier alpha value is -1.59. The van der Waals surface area contributed by atoms with E-state index in [4.69, 9.17) is 6.42 Å². The van der Waals surface area contributed by atoms with Crippen molar-refractivity contribution in [2.24, 2.45) is 0 Å². The summed E-state index contributed by atoms with van der Waals surface area (Å²) in [5.41, 5.74) is 4.93. The van der Waals surface area contributed by atoms with E-state index in [1.807, 2.05) is 12.1 Å². The Morgan fingerprint density at radius 1 is 1.25 bits per heavy atom. The second-order valence-electron chi connectivity index (χ2n) is 3.57. The third-order valence-corrected chi connectivity index (χ3v) is 2.86. The first-order chi connectivity index (χ1) is 7.70. The molecular weight excluding hydrogens is 262 g/mol. The number of aromatic nitrogens is 1. The Morgan fingerprint density at radius 2 is 1.94 bits per heavy atom. The van der Waals surface area contributed by atoms with Gasteiger partial charge in [-0.1, -0.05) is 12.1 Å². The first-order valence-corrected chi connectivity index (χ1v) is 5.69. The Kier molecular flexibility index (Phi) is 3.07. The second kappa shape index (κ2) is 4.51. The standard InChI is InChI=1S/C7H4BrN.C7H6/c1-2-7-6(8)4-3-5-9-7;1-5-2-6-4-7(6)3-5/h1,3-5H;2-4H,1H3. The summed E-state index contributed by atoms with van der Waals surface area (Å²) in [6.45, 7) is 2.12. The molecule has 0 N–H and O–H groups in total. The van der Waals surface area contributed by atoms with Crippen molar-refractivity contribution in [2.75, 3.05) is 0 Å². The molecule has 0 unspecified atom stereocenters. The molecule has 78 valence electrons. The van der Waals surface area contributed by atoms with Crippen molar-refractivity contribution in [3.8, 4) is 23.5 Å². The Morgan fingerprint density at radius 3 is 2.31 bits per heavy atom. The maximum Gasteiger partial charge on any atom is 0.127 e. The molecule has 0 aliphatic heterocycles. The van der Waals surface area contributed by atoms with Gasteiger partial charge in [0.1, 0.15) is 5.69 Å². The predicted molar refractivity (Wildman–Crippen MR) is 70.0 cm³/mol. The van der Waals surface area contributed by atoms with E-state index >= 15 is 0 Å². The number of benzene rings is 1. The van der Waals surface area contributed by atoms with E-state index in [1.165, 1.54) is 16.7 Å². The van der Waals surface area contributed by atoms with Gasteiger partial charge in [-0.05, 0) is 63.7 Å². The fourth-order valence-electron chi connectivity index (χ4n) is 1.41. The molecule has 0 amide bonds. The molecule has 1 heterocycles. The maximum atomic E-state index is 5.11. The van der Waals surface area contributed by atoms with Crippen LogP contribution in [0.2, 0.25) is 0 Å². The summed E-state index contributed by atoms with van der Waals surface area (Å²) in [5.74, 6) is 2.44. The SMILES string of the molecule is C#Cc1ncccc1Br.Cc1cc2cc-2c1. The van der Waals surface area contributed by atoms with E-state index in [0.29, 0.717) is 5.69 Å². The van der Waals surface area contributed by atoms with Gasteiger partial charge in [0.15, 0.2) is 0 Å². The minimum atomic E-state index is 0.650. The van der Waals surface area contributed by atoms with Crippen molar-refractivity contribution >= 4 is 15.9 Å². The highest BCUT2D eigenvalue weighted by atomic mass is 79.9. The van der Waals surface area contributed by atoms with Crippen LogP contribution in [0.4, 0.5) is 0 Å².